The van der Waals surface area contributed by atoms with Gasteiger partial charge in [-0.25, -0.2) is 0 Å². The fraction of sp³-hybridized carbons (Fsp3) is 0.278. The number of benzene rings is 2. The summed E-state index contributed by atoms with van der Waals surface area (Å²) in [6.45, 7) is 0.765. The molecule has 0 bridgehead atoms. The van der Waals surface area contributed by atoms with E-state index in [4.69, 9.17) is 10.5 Å². The molecule has 1 atom stereocenters. The molecule has 0 saturated carbocycles. The van der Waals surface area contributed by atoms with Crippen molar-refractivity contribution < 1.29 is 9.53 Å². The molecule has 1 amide bonds. The molecule has 0 aromatic heterocycles. The topological polar surface area (TPSA) is 52.3 Å². The number of carbonyl (C=O) groups is 1. The smallest absolute Gasteiger partial charge is 0.248 e. The minimum Gasteiger partial charge on any atom is -0.493 e. The molecule has 0 aliphatic carbocycles. The largest absolute Gasteiger partial charge is 0.493 e. The average Bonchev–Trinajstić information content (AvgIpc) is 2.69. The van der Waals surface area contributed by atoms with Crippen molar-refractivity contribution in [3.05, 3.63) is 65.2 Å². The number of carbonyl (C=O) groups excluding carboxylic acids is 1. The zero-order valence-electron chi connectivity index (χ0n) is 11.9. The Hall–Kier alpha value is -2.29. The van der Waals surface area contributed by atoms with E-state index in [-0.39, 0.29) is 5.91 Å². The monoisotopic (exact) mass is 281 g/mol. The van der Waals surface area contributed by atoms with Gasteiger partial charge in [-0.1, -0.05) is 30.3 Å². The Kier molecular flexibility index (Phi) is 3.91. The first kappa shape index (κ1) is 13.7. The fourth-order valence-corrected chi connectivity index (χ4v) is 2.87. The number of hydrogen-bond donors (Lipinski definition) is 1. The molecule has 2 N–H and O–H groups in total. The van der Waals surface area contributed by atoms with Crippen LogP contribution in [0.2, 0.25) is 0 Å². The van der Waals surface area contributed by atoms with Crippen LogP contribution in [0.4, 0.5) is 0 Å². The molecule has 0 saturated heterocycles. The van der Waals surface area contributed by atoms with E-state index in [0.717, 1.165) is 31.6 Å². The van der Waals surface area contributed by atoms with Gasteiger partial charge in [0.2, 0.25) is 5.91 Å². The first-order chi connectivity index (χ1) is 10.2. The molecule has 1 aliphatic rings. The highest BCUT2D eigenvalue weighted by atomic mass is 16.5. The van der Waals surface area contributed by atoms with Crippen LogP contribution in [0.1, 0.15) is 27.9 Å². The molecule has 1 heterocycles. The maximum absolute atomic E-state index is 11.1. The standard InChI is InChI=1S/C18H19NO2/c19-18(20)15-7-5-13(6-8-15)11-14-9-10-21-17-4-2-1-3-16(17)12-14/h1-8,14H,9-12H2,(H2,19,20)/t14-/m0/s1. The summed E-state index contributed by atoms with van der Waals surface area (Å²) in [5.74, 6) is 1.20. The summed E-state index contributed by atoms with van der Waals surface area (Å²) in [7, 11) is 0. The van der Waals surface area contributed by atoms with E-state index >= 15 is 0 Å². The van der Waals surface area contributed by atoms with Crippen LogP contribution in [-0.4, -0.2) is 12.5 Å². The van der Waals surface area contributed by atoms with Crippen molar-refractivity contribution >= 4 is 5.91 Å². The quantitative estimate of drug-likeness (QED) is 0.940. The van der Waals surface area contributed by atoms with E-state index in [1.165, 1.54) is 11.1 Å². The van der Waals surface area contributed by atoms with Gasteiger partial charge in [-0.3, -0.25) is 4.79 Å². The van der Waals surface area contributed by atoms with E-state index in [9.17, 15) is 4.79 Å². The molecule has 2 aromatic rings. The van der Waals surface area contributed by atoms with Gasteiger partial charge in [0, 0.05) is 5.56 Å². The Morgan fingerprint density at radius 2 is 1.90 bits per heavy atom. The lowest BCUT2D eigenvalue weighted by molar-refractivity contribution is 0.100. The van der Waals surface area contributed by atoms with E-state index < -0.39 is 0 Å². The van der Waals surface area contributed by atoms with Gasteiger partial charge in [-0.15, -0.1) is 0 Å². The fourth-order valence-electron chi connectivity index (χ4n) is 2.87. The molecule has 1 aliphatic heterocycles. The Balaban J connectivity index is 1.71. The number of para-hydroxylation sites is 1. The summed E-state index contributed by atoms with van der Waals surface area (Å²) in [6, 6.07) is 15.9. The summed E-state index contributed by atoms with van der Waals surface area (Å²) in [5, 5.41) is 0. The predicted molar refractivity (Wildman–Crippen MR) is 82.4 cm³/mol. The van der Waals surface area contributed by atoms with Crippen LogP contribution in [-0.2, 0) is 12.8 Å². The Morgan fingerprint density at radius 1 is 1.14 bits per heavy atom. The van der Waals surface area contributed by atoms with E-state index in [1.54, 1.807) is 12.1 Å². The zero-order valence-corrected chi connectivity index (χ0v) is 11.9. The number of nitrogens with two attached hydrogens (primary N) is 1. The van der Waals surface area contributed by atoms with Crippen LogP contribution >= 0.6 is 0 Å². The molecule has 21 heavy (non-hydrogen) atoms. The first-order valence-corrected chi connectivity index (χ1v) is 7.32. The first-order valence-electron chi connectivity index (χ1n) is 7.32. The molecule has 0 radical (unpaired) electrons. The van der Waals surface area contributed by atoms with Crippen molar-refractivity contribution in [1.82, 2.24) is 0 Å². The predicted octanol–water partition coefficient (Wildman–Crippen LogP) is 2.97. The number of rotatable bonds is 3. The number of ether oxygens (including phenoxy) is 1. The van der Waals surface area contributed by atoms with Crippen molar-refractivity contribution in [2.45, 2.75) is 19.3 Å². The van der Waals surface area contributed by atoms with Gasteiger partial charge in [-0.05, 0) is 54.5 Å². The molecule has 0 spiro atoms. The van der Waals surface area contributed by atoms with Gasteiger partial charge in [0.15, 0.2) is 0 Å². The van der Waals surface area contributed by atoms with Crippen molar-refractivity contribution in [1.29, 1.82) is 0 Å². The van der Waals surface area contributed by atoms with Crippen LogP contribution in [0, 0.1) is 5.92 Å². The molecular weight excluding hydrogens is 262 g/mol. The zero-order chi connectivity index (χ0) is 14.7. The van der Waals surface area contributed by atoms with E-state index in [0.29, 0.717) is 11.5 Å². The SMILES string of the molecule is NC(=O)c1ccc(C[C@@H]2CCOc3ccccc3C2)cc1. The molecule has 0 unspecified atom stereocenters. The Labute approximate surface area is 124 Å². The highest BCUT2D eigenvalue weighted by molar-refractivity contribution is 5.92. The number of amides is 1. The van der Waals surface area contributed by atoms with Crippen molar-refractivity contribution in [3.63, 3.8) is 0 Å². The second-order valence-corrected chi connectivity index (χ2v) is 5.58. The second-order valence-electron chi connectivity index (χ2n) is 5.58. The summed E-state index contributed by atoms with van der Waals surface area (Å²) >= 11 is 0. The molecule has 2 aromatic carbocycles. The maximum Gasteiger partial charge on any atom is 0.248 e. The lowest BCUT2D eigenvalue weighted by Gasteiger charge is -2.13. The van der Waals surface area contributed by atoms with Crippen molar-refractivity contribution in [3.8, 4) is 5.75 Å². The second kappa shape index (κ2) is 6.00. The minimum absolute atomic E-state index is 0.377. The molecule has 3 nitrogen and oxygen atoms in total. The number of primary amides is 1. The van der Waals surface area contributed by atoms with E-state index in [1.807, 2.05) is 24.3 Å². The maximum atomic E-state index is 11.1. The Bertz CT molecular complexity index is 634. The number of fused-ring (bicyclic) bond motifs is 1. The molecule has 0 fully saturated rings. The summed E-state index contributed by atoms with van der Waals surface area (Å²) in [5.41, 5.74) is 8.36. The van der Waals surface area contributed by atoms with Crippen molar-refractivity contribution in [2.75, 3.05) is 6.61 Å². The van der Waals surface area contributed by atoms with E-state index in [2.05, 4.69) is 12.1 Å². The molecule has 3 heteroatoms. The summed E-state index contributed by atoms with van der Waals surface area (Å²) in [6.07, 6.45) is 3.08. The normalized spacial score (nSPS) is 17.4. The summed E-state index contributed by atoms with van der Waals surface area (Å²) in [4.78, 5) is 11.1. The molecule has 108 valence electrons. The lowest BCUT2D eigenvalue weighted by atomic mass is 9.90. The third kappa shape index (κ3) is 3.24. The van der Waals surface area contributed by atoms with Crippen LogP contribution in [0.3, 0.4) is 0 Å². The van der Waals surface area contributed by atoms with Gasteiger partial charge in [0.1, 0.15) is 5.75 Å². The highest BCUT2D eigenvalue weighted by Gasteiger charge is 2.17. The third-order valence-corrected chi connectivity index (χ3v) is 4.03. The average molecular weight is 281 g/mol. The van der Waals surface area contributed by atoms with Gasteiger partial charge in [0.05, 0.1) is 6.61 Å². The van der Waals surface area contributed by atoms with Gasteiger partial charge < -0.3 is 10.5 Å². The van der Waals surface area contributed by atoms with Crippen LogP contribution < -0.4 is 10.5 Å². The summed E-state index contributed by atoms with van der Waals surface area (Å²) < 4.78 is 5.81. The molecule has 3 rings (SSSR count). The van der Waals surface area contributed by atoms with Gasteiger partial charge >= 0.3 is 0 Å². The Morgan fingerprint density at radius 3 is 2.67 bits per heavy atom. The number of hydrogen-bond acceptors (Lipinski definition) is 2. The lowest BCUT2D eigenvalue weighted by Crippen LogP contribution is -2.12. The van der Waals surface area contributed by atoms with Crippen LogP contribution in [0.15, 0.2) is 48.5 Å². The molecular formula is C18H19NO2. The van der Waals surface area contributed by atoms with Gasteiger partial charge in [0.25, 0.3) is 0 Å². The van der Waals surface area contributed by atoms with Crippen LogP contribution in [0.5, 0.6) is 5.75 Å². The third-order valence-electron chi connectivity index (χ3n) is 4.03. The van der Waals surface area contributed by atoms with Crippen LogP contribution in [0.25, 0.3) is 0 Å². The highest BCUT2D eigenvalue weighted by Crippen LogP contribution is 2.28. The minimum atomic E-state index is -0.377. The van der Waals surface area contributed by atoms with Crippen molar-refractivity contribution in [2.24, 2.45) is 11.7 Å². The van der Waals surface area contributed by atoms with Gasteiger partial charge in [-0.2, -0.15) is 0 Å².